The molecule has 0 bridgehead atoms. The zero-order chi connectivity index (χ0) is 16.8. The molecule has 122 valence electrons. The highest BCUT2D eigenvalue weighted by atomic mass is 35.5. The second-order valence-corrected chi connectivity index (χ2v) is 8.59. The molecular formula is C15H13Cl2NO4S. The van der Waals surface area contributed by atoms with Crippen molar-refractivity contribution in [3.63, 3.8) is 0 Å². The molecule has 1 aromatic carbocycles. The van der Waals surface area contributed by atoms with Gasteiger partial charge in [0.05, 0.1) is 22.5 Å². The van der Waals surface area contributed by atoms with Crippen LogP contribution in [0, 0.1) is 0 Å². The summed E-state index contributed by atoms with van der Waals surface area (Å²) in [4.78, 5) is 12.7. The third-order valence-electron chi connectivity index (χ3n) is 3.63. The smallest absolute Gasteiger partial charge is 0.199 e. The summed E-state index contributed by atoms with van der Waals surface area (Å²) in [7, 11) is -3.34. The minimum Gasteiger partial charge on any atom is -0.360 e. The van der Waals surface area contributed by atoms with E-state index in [4.69, 9.17) is 27.7 Å². The van der Waals surface area contributed by atoms with Crippen molar-refractivity contribution < 1.29 is 17.7 Å². The van der Waals surface area contributed by atoms with Crippen molar-refractivity contribution in [2.75, 3.05) is 6.26 Å². The van der Waals surface area contributed by atoms with Gasteiger partial charge in [-0.3, -0.25) is 4.79 Å². The molecule has 0 atom stereocenters. The Labute approximate surface area is 143 Å². The van der Waals surface area contributed by atoms with E-state index in [0.717, 1.165) is 19.1 Å². The molecule has 1 aromatic heterocycles. The Kier molecular flexibility index (Phi) is 4.25. The summed E-state index contributed by atoms with van der Waals surface area (Å²) in [5, 5.41) is 3.96. The maximum Gasteiger partial charge on any atom is 0.199 e. The van der Waals surface area contributed by atoms with Crippen LogP contribution in [0.5, 0.6) is 0 Å². The van der Waals surface area contributed by atoms with Gasteiger partial charge in [-0.15, -0.1) is 0 Å². The van der Waals surface area contributed by atoms with Gasteiger partial charge >= 0.3 is 0 Å². The Morgan fingerprint density at radius 3 is 2.61 bits per heavy atom. The predicted molar refractivity (Wildman–Crippen MR) is 86.9 cm³/mol. The Hall–Kier alpha value is -1.37. The van der Waals surface area contributed by atoms with Crippen LogP contribution in [-0.4, -0.2) is 25.6 Å². The lowest BCUT2D eigenvalue weighted by molar-refractivity contribution is 0.103. The van der Waals surface area contributed by atoms with Gasteiger partial charge in [-0.25, -0.2) is 8.42 Å². The van der Waals surface area contributed by atoms with Crippen LogP contribution in [-0.2, 0) is 15.6 Å². The summed E-state index contributed by atoms with van der Waals surface area (Å²) in [5.74, 6) is 0.110. The van der Waals surface area contributed by atoms with E-state index in [1.54, 1.807) is 0 Å². The average Bonchev–Trinajstić information content (AvgIpc) is 3.19. The highest BCUT2D eigenvalue weighted by molar-refractivity contribution is 7.89. The second kappa shape index (κ2) is 5.92. The number of sulfone groups is 1. The predicted octanol–water partition coefficient (Wildman–Crippen LogP) is 3.63. The molecule has 0 saturated heterocycles. The molecule has 0 radical (unpaired) electrons. The topological polar surface area (TPSA) is 77.2 Å². The zero-order valence-corrected chi connectivity index (χ0v) is 14.5. The fourth-order valence-electron chi connectivity index (χ4n) is 2.37. The summed E-state index contributed by atoms with van der Waals surface area (Å²) >= 11 is 12.3. The molecule has 8 heteroatoms. The van der Waals surface area contributed by atoms with Crippen molar-refractivity contribution in [3.8, 4) is 0 Å². The SMILES string of the molecule is CS(=O)(=O)Cc1c(Cl)ccc(C(=O)c2cnoc2C2CC2)c1Cl. The molecule has 1 aliphatic rings. The molecule has 1 fully saturated rings. The second-order valence-electron chi connectivity index (χ2n) is 5.66. The highest BCUT2D eigenvalue weighted by Crippen LogP contribution is 2.42. The van der Waals surface area contributed by atoms with E-state index in [1.807, 2.05) is 0 Å². The average molecular weight is 374 g/mol. The third-order valence-corrected chi connectivity index (χ3v) is 5.23. The first-order valence-corrected chi connectivity index (χ1v) is 9.73. The minimum atomic E-state index is -3.34. The van der Waals surface area contributed by atoms with Gasteiger partial charge in [0, 0.05) is 28.3 Å². The van der Waals surface area contributed by atoms with Crippen LogP contribution >= 0.6 is 23.2 Å². The number of benzene rings is 1. The van der Waals surface area contributed by atoms with E-state index >= 15 is 0 Å². The molecule has 1 aliphatic carbocycles. The van der Waals surface area contributed by atoms with E-state index in [9.17, 15) is 13.2 Å². The lowest BCUT2D eigenvalue weighted by atomic mass is 10.0. The number of hydrogen-bond acceptors (Lipinski definition) is 5. The van der Waals surface area contributed by atoms with Gasteiger partial charge in [0.1, 0.15) is 0 Å². The lowest BCUT2D eigenvalue weighted by Crippen LogP contribution is -2.08. The van der Waals surface area contributed by atoms with Crippen molar-refractivity contribution in [1.29, 1.82) is 0 Å². The lowest BCUT2D eigenvalue weighted by Gasteiger charge is -2.10. The van der Waals surface area contributed by atoms with Crippen molar-refractivity contribution in [2.45, 2.75) is 24.5 Å². The number of carbonyl (C=O) groups is 1. The minimum absolute atomic E-state index is 0.0517. The van der Waals surface area contributed by atoms with E-state index in [0.29, 0.717) is 11.3 Å². The Morgan fingerprint density at radius 1 is 1.30 bits per heavy atom. The summed E-state index contributed by atoms with van der Waals surface area (Å²) < 4.78 is 28.2. The molecule has 5 nitrogen and oxygen atoms in total. The summed E-state index contributed by atoms with van der Waals surface area (Å²) in [6, 6.07) is 2.97. The van der Waals surface area contributed by atoms with Gasteiger partial charge in [-0.1, -0.05) is 28.4 Å². The summed E-state index contributed by atoms with van der Waals surface area (Å²) in [6.45, 7) is 0. The maximum atomic E-state index is 12.7. The van der Waals surface area contributed by atoms with Crippen LogP contribution in [0.3, 0.4) is 0 Å². The quantitative estimate of drug-likeness (QED) is 0.747. The molecule has 2 aromatic rings. The number of rotatable bonds is 5. The largest absolute Gasteiger partial charge is 0.360 e. The monoisotopic (exact) mass is 373 g/mol. The summed E-state index contributed by atoms with van der Waals surface area (Å²) in [5.41, 5.74) is 0.785. The van der Waals surface area contributed by atoms with Gasteiger partial charge in [0.2, 0.25) is 0 Å². The van der Waals surface area contributed by atoms with Crippen LogP contribution in [0.15, 0.2) is 22.9 Å². The van der Waals surface area contributed by atoms with Crippen LogP contribution in [0.4, 0.5) is 0 Å². The molecule has 3 rings (SSSR count). The Morgan fingerprint density at radius 2 is 2.00 bits per heavy atom. The highest BCUT2D eigenvalue weighted by Gasteiger charge is 2.33. The van der Waals surface area contributed by atoms with E-state index < -0.39 is 9.84 Å². The van der Waals surface area contributed by atoms with Gasteiger partial charge in [-0.05, 0) is 25.0 Å². The van der Waals surface area contributed by atoms with E-state index in [-0.39, 0.29) is 38.6 Å². The molecule has 1 heterocycles. The standard InChI is InChI=1S/C15H13Cl2NO4S/c1-23(20,21)7-11-12(16)5-4-9(13(11)17)14(19)10-6-18-22-15(10)8-2-3-8/h4-6,8H,2-3,7H2,1H3. The van der Waals surface area contributed by atoms with Crippen molar-refractivity contribution >= 4 is 38.8 Å². The van der Waals surface area contributed by atoms with E-state index in [2.05, 4.69) is 5.16 Å². The van der Waals surface area contributed by atoms with Crippen molar-refractivity contribution in [1.82, 2.24) is 5.16 Å². The molecule has 0 N–H and O–H groups in total. The van der Waals surface area contributed by atoms with Crippen LogP contribution < -0.4 is 0 Å². The first-order chi connectivity index (χ1) is 10.8. The Balaban J connectivity index is 2.04. The van der Waals surface area contributed by atoms with Gasteiger partial charge < -0.3 is 4.52 Å². The molecule has 0 amide bonds. The number of hydrogen-bond donors (Lipinski definition) is 0. The maximum absolute atomic E-state index is 12.7. The first kappa shape index (κ1) is 16.5. The first-order valence-electron chi connectivity index (χ1n) is 6.92. The fourth-order valence-corrected chi connectivity index (χ4v) is 3.94. The fraction of sp³-hybridized carbons (Fsp3) is 0.333. The molecule has 0 aliphatic heterocycles. The summed E-state index contributed by atoms with van der Waals surface area (Å²) in [6.07, 6.45) is 4.38. The number of carbonyl (C=O) groups excluding carboxylic acids is 1. The van der Waals surface area contributed by atoms with Crippen LogP contribution in [0.2, 0.25) is 10.0 Å². The number of aromatic nitrogens is 1. The van der Waals surface area contributed by atoms with E-state index in [1.165, 1.54) is 18.3 Å². The zero-order valence-electron chi connectivity index (χ0n) is 12.2. The number of ketones is 1. The van der Waals surface area contributed by atoms with Crippen LogP contribution in [0.25, 0.3) is 0 Å². The number of nitrogens with zero attached hydrogens (tertiary/aromatic N) is 1. The van der Waals surface area contributed by atoms with Gasteiger partial charge in [0.25, 0.3) is 0 Å². The Bertz CT molecular complexity index is 885. The van der Waals surface area contributed by atoms with Gasteiger partial charge in [-0.2, -0.15) is 0 Å². The van der Waals surface area contributed by atoms with Crippen molar-refractivity contribution in [3.05, 3.63) is 50.8 Å². The third kappa shape index (κ3) is 3.44. The van der Waals surface area contributed by atoms with Crippen molar-refractivity contribution in [2.24, 2.45) is 0 Å². The molecular weight excluding hydrogens is 361 g/mol. The molecule has 0 unspecified atom stereocenters. The normalized spacial score (nSPS) is 14.9. The molecule has 0 spiro atoms. The molecule has 23 heavy (non-hydrogen) atoms. The molecule has 1 saturated carbocycles. The number of halogens is 2. The van der Waals surface area contributed by atoms with Crippen LogP contribution in [0.1, 0.15) is 46.0 Å². The van der Waals surface area contributed by atoms with Gasteiger partial charge in [0.15, 0.2) is 21.4 Å².